The van der Waals surface area contributed by atoms with Crippen molar-refractivity contribution in [3.8, 4) is 0 Å². The lowest BCUT2D eigenvalue weighted by Gasteiger charge is -2.00. The van der Waals surface area contributed by atoms with E-state index in [9.17, 15) is 4.79 Å². The van der Waals surface area contributed by atoms with Crippen LogP contribution in [0.25, 0.3) is 0 Å². The van der Waals surface area contributed by atoms with Gasteiger partial charge in [0.25, 0.3) is 0 Å². The molecule has 1 rings (SSSR count). The number of aryl methyl sites for hydroxylation is 1. The van der Waals surface area contributed by atoms with Gasteiger partial charge < -0.3 is 10.4 Å². The van der Waals surface area contributed by atoms with Crippen molar-refractivity contribution in [2.45, 2.75) is 13.5 Å². The second-order valence-electron chi connectivity index (χ2n) is 2.86. The van der Waals surface area contributed by atoms with Crippen LogP contribution >= 0.6 is 0 Å². The summed E-state index contributed by atoms with van der Waals surface area (Å²) in [6.07, 6.45) is 4.22. The van der Waals surface area contributed by atoms with Gasteiger partial charge in [-0.25, -0.2) is 4.79 Å². The second-order valence-corrected chi connectivity index (χ2v) is 2.86. The van der Waals surface area contributed by atoms with Crippen molar-refractivity contribution in [3.63, 3.8) is 0 Å². The number of carboxylic acid groups (broad SMARTS) is 1. The number of carbonyl (C=O) groups is 1. The largest absolute Gasteiger partial charge is 0.478 e. The predicted molar refractivity (Wildman–Crippen MR) is 52.6 cm³/mol. The Morgan fingerprint density at radius 3 is 3.00 bits per heavy atom. The summed E-state index contributed by atoms with van der Waals surface area (Å²) >= 11 is 0. The molecule has 0 bridgehead atoms. The molecule has 2 N–H and O–H groups in total. The summed E-state index contributed by atoms with van der Waals surface area (Å²) in [5.74, 6) is -0.959. The van der Waals surface area contributed by atoms with E-state index >= 15 is 0 Å². The summed E-state index contributed by atoms with van der Waals surface area (Å²) in [6, 6.07) is 3.86. The van der Waals surface area contributed by atoms with Gasteiger partial charge in [-0.1, -0.05) is 6.07 Å². The molecule has 1 aromatic rings. The molecule has 14 heavy (non-hydrogen) atoms. The van der Waals surface area contributed by atoms with Crippen molar-refractivity contribution in [2.75, 3.05) is 0 Å². The van der Waals surface area contributed by atoms with Gasteiger partial charge in [-0.15, -0.1) is 0 Å². The average Bonchev–Trinajstić information content (AvgIpc) is 2.15. The first-order chi connectivity index (χ1) is 6.68. The first-order valence-corrected chi connectivity index (χ1v) is 4.23. The van der Waals surface area contributed by atoms with E-state index in [-0.39, 0.29) is 0 Å². The van der Waals surface area contributed by atoms with Crippen LogP contribution in [-0.2, 0) is 11.3 Å². The molecule has 0 unspecified atom stereocenters. The van der Waals surface area contributed by atoms with Gasteiger partial charge in [0.1, 0.15) is 0 Å². The van der Waals surface area contributed by atoms with E-state index in [0.717, 1.165) is 17.3 Å². The van der Waals surface area contributed by atoms with Gasteiger partial charge in [-0.05, 0) is 18.6 Å². The van der Waals surface area contributed by atoms with Crippen LogP contribution in [-0.4, -0.2) is 16.1 Å². The van der Waals surface area contributed by atoms with Crippen LogP contribution in [0.2, 0.25) is 0 Å². The number of rotatable bonds is 4. The Morgan fingerprint density at radius 1 is 1.64 bits per heavy atom. The van der Waals surface area contributed by atoms with Crippen LogP contribution in [0.3, 0.4) is 0 Å². The molecule has 1 aromatic heterocycles. The fraction of sp³-hybridized carbons (Fsp3) is 0.200. The highest BCUT2D eigenvalue weighted by molar-refractivity contribution is 5.79. The van der Waals surface area contributed by atoms with Gasteiger partial charge in [0, 0.05) is 30.7 Å². The molecule has 1 heterocycles. The minimum Gasteiger partial charge on any atom is -0.478 e. The normalized spacial score (nSPS) is 10.4. The minimum absolute atomic E-state index is 0.580. The summed E-state index contributed by atoms with van der Waals surface area (Å²) in [5.41, 5.74) is 1.99. The third-order valence-electron chi connectivity index (χ3n) is 1.62. The van der Waals surface area contributed by atoms with Crippen LogP contribution in [0.1, 0.15) is 11.3 Å². The highest BCUT2D eigenvalue weighted by Gasteiger charge is 1.90. The number of hydrogen-bond donors (Lipinski definition) is 2. The molecule has 0 aliphatic carbocycles. The Labute approximate surface area is 82.3 Å². The number of nitrogens with one attached hydrogen (secondary N) is 1. The van der Waals surface area contributed by atoms with E-state index < -0.39 is 5.97 Å². The summed E-state index contributed by atoms with van der Waals surface area (Å²) in [6.45, 7) is 2.50. The van der Waals surface area contributed by atoms with E-state index in [1.807, 2.05) is 19.1 Å². The molecule has 0 aliphatic rings. The Bertz CT molecular complexity index is 330. The molecule has 0 aliphatic heterocycles. The van der Waals surface area contributed by atoms with Gasteiger partial charge >= 0.3 is 5.97 Å². The maximum absolute atomic E-state index is 10.1. The van der Waals surface area contributed by atoms with Crippen LogP contribution in [0.15, 0.2) is 30.6 Å². The number of nitrogens with zero attached hydrogens (tertiary/aromatic N) is 1. The third kappa shape index (κ3) is 3.71. The van der Waals surface area contributed by atoms with E-state index in [2.05, 4.69) is 10.3 Å². The van der Waals surface area contributed by atoms with Gasteiger partial charge in [0.05, 0.1) is 0 Å². The van der Waals surface area contributed by atoms with Gasteiger partial charge in [-0.3, -0.25) is 4.98 Å². The number of aliphatic carboxylic acids is 1. The first-order valence-electron chi connectivity index (χ1n) is 4.23. The number of aromatic nitrogens is 1. The highest BCUT2D eigenvalue weighted by atomic mass is 16.4. The predicted octanol–water partition coefficient (Wildman–Crippen LogP) is 1.08. The molecule has 0 aromatic carbocycles. The Morgan fingerprint density at radius 2 is 2.43 bits per heavy atom. The topological polar surface area (TPSA) is 62.2 Å². The fourth-order valence-electron chi connectivity index (χ4n) is 0.910. The number of carboxylic acids is 1. The maximum Gasteiger partial charge on any atom is 0.329 e. The van der Waals surface area contributed by atoms with E-state index in [1.165, 1.54) is 6.20 Å². The third-order valence-corrected chi connectivity index (χ3v) is 1.62. The highest BCUT2D eigenvalue weighted by Crippen LogP contribution is 1.98. The molecule has 0 spiro atoms. The SMILES string of the molecule is Cc1ccc(CN/C=C/C(=O)O)cn1. The zero-order valence-electron chi connectivity index (χ0n) is 7.90. The smallest absolute Gasteiger partial charge is 0.329 e. The fourth-order valence-corrected chi connectivity index (χ4v) is 0.910. The van der Waals surface area contributed by atoms with Crippen molar-refractivity contribution < 1.29 is 9.90 Å². The van der Waals surface area contributed by atoms with E-state index in [0.29, 0.717) is 6.54 Å². The van der Waals surface area contributed by atoms with Crippen LogP contribution < -0.4 is 5.32 Å². The van der Waals surface area contributed by atoms with Crippen molar-refractivity contribution in [1.29, 1.82) is 0 Å². The van der Waals surface area contributed by atoms with Crippen LogP contribution in [0.4, 0.5) is 0 Å². The molecule has 4 nitrogen and oxygen atoms in total. The molecule has 0 radical (unpaired) electrons. The molecule has 0 atom stereocenters. The summed E-state index contributed by atoms with van der Waals surface area (Å²) in [4.78, 5) is 14.2. The molecule has 0 amide bonds. The Balaban J connectivity index is 2.39. The molecule has 74 valence electrons. The number of hydrogen-bond acceptors (Lipinski definition) is 3. The number of pyridine rings is 1. The monoisotopic (exact) mass is 192 g/mol. The van der Waals surface area contributed by atoms with Gasteiger partial charge in [0.15, 0.2) is 0 Å². The molecule has 0 saturated heterocycles. The quantitative estimate of drug-likeness (QED) is 0.701. The van der Waals surface area contributed by atoms with E-state index in [1.54, 1.807) is 6.20 Å². The van der Waals surface area contributed by atoms with Crippen LogP contribution in [0.5, 0.6) is 0 Å². The lowest BCUT2D eigenvalue weighted by molar-refractivity contribution is -0.131. The lowest BCUT2D eigenvalue weighted by Crippen LogP contribution is -2.05. The zero-order valence-corrected chi connectivity index (χ0v) is 7.90. The lowest BCUT2D eigenvalue weighted by atomic mass is 10.2. The first kappa shape index (κ1) is 10.2. The summed E-state index contributed by atoms with van der Waals surface area (Å²) in [7, 11) is 0. The molecule has 0 fully saturated rings. The zero-order chi connectivity index (χ0) is 10.4. The second kappa shape index (κ2) is 5.01. The summed E-state index contributed by atoms with van der Waals surface area (Å²) in [5, 5.41) is 11.2. The van der Waals surface area contributed by atoms with Gasteiger partial charge in [-0.2, -0.15) is 0 Å². The van der Waals surface area contributed by atoms with Crippen LogP contribution in [0, 0.1) is 6.92 Å². The maximum atomic E-state index is 10.1. The molecule has 0 saturated carbocycles. The Hall–Kier alpha value is -1.84. The standard InChI is InChI=1S/C10H12N2O2/c1-8-2-3-9(7-12-8)6-11-5-4-10(13)14/h2-5,7,11H,6H2,1H3,(H,13,14)/b5-4+. The average molecular weight is 192 g/mol. The molecular formula is C10H12N2O2. The van der Waals surface area contributed by atoms with E-state index in [4.69, 9.17) is 5.11 Å². The van der Waals surface area contributed by atoms with Crippen molar-refractivity contribution in [3.05, 3.63) is 41.9 Å². The van der Waals surface area contributed by atoms with Gasteiger partial charge in [0.2, 0.25) is 0 Å². The van der Waals surface area contributed by atoms with Crippen molar-refractivity contribution >= 4 is 5.97 Å². The molecular weight excluding hydrogens is 180 g/mol. The van der Waals surface area contributed by atoms with Crippen molar-refractivity contribution in [1.82, 2.24) is 10.3 Å². The summed E-state index contributed by atoms with van der Waals surface area (Å²) < 4.78 is 0. The minimum atomic E-state index is -0.959. The Kier molecular flexibility index (Phi) is 3.67. The molecule has 4 heteroatoms. The van der Waals surface area contributed by atoms with Crippen molar-refractivity contribution in [2.24, 2.45) is 0 Å².